The van der Waals surface area contributed by atoms with Crippen LogP contribution in [0.15, 0.2) is 66.7 Å². The molecule has 0 aromatic heterocycles. The molecule has 0 aliphatic rings. The summed E-state index contributed by atoms with van der Waals surface area (Å²) in [7, 11) is 0. The van der Waals surface area contributed by atoms with Gasteiger partial charge < -0.3 is 15.4 Å². The van der Waals surface area contributed by atoms with Crippen molar-refractivity contribution in [2.24, 2.45) is 0 Å². The Balaban J connectivity index is 1.49. The molecule has 0 atom stereocenters. The zero-order chi connectivity index (χ0) is 22.4. The topological polar surface area (TPSA) is 33.3 Å². The quantitative estimate of drug-likeness (QED) is 0.317. The van der Waals surface area contributed by atoms with Gasteiger partial charge in [-0.05, 0) is 65.8 Å². The molecule has 3 aromatic carbocycles. The minimum absolute atomic E-state index is 0.173. The summed E-state index contributed by atoms with van der Waals surface area (Å²) < 4.78 is 57.4. The number of thiocarbonyl (C=S) groups is 1. The van der Waals surface area contributed by atoms with Gasteiger partial charge in [0, 0.05) is 12.2 Å². The fraction of sp³-hybridized carbons (Fsp3) is 0.136. The number of rotatable bonds is 6. The van der Waals surface area contributed by atoms with Gasteiger partial charge in [0.25, 0.3) is 0 Å². The Morgan fingerprint density at radius 2 is 1.58 bits per heavy atom. The van der Waals surface area contributed by atoms with Crippen molar-refractivity contribution < 1.29 is 22.3 Å². The molecule has 0 amide bonds. The molecule has 162 valence electrons. The number of nitrogens with one attached hydrogen (secondary N) is 2. The third-order valence-corrected chi connectivity index (χ3v) is 4.80. The molecule has 3 nitrogen and oxygen atoms in total. The molecule has 0 aliphatic carbocycles. The van der Waals surface area contributed by atoms with E-state index in [4.69, 9.17) is 28.6 Å². The molecule has 31 heavy (non-hydrogen) atoms. The Bertz CT molecular complexity index is 1040. The maximum absolute atomic E-state index is 12.9. The van der Waals surface area contributed by atoms with Gasteiger partial charge in [-0.25, -0.2) is 4.39 Å². The predicted octanol–water partition coefficient (Wildman–Crippen LogP) is 6.56. The molecule has 0 aliphatic heterocycles. The smallest absolute Gasteiger partial charge is 0.417 e. The number of anilines is 1. The number of halogens is 5. The normalized spacial score (nSPS) is 11.1. The summed E-state index contributed by atoms with van der Waals surface area (Å²) in [6.45, 7) is 0.677. The standard InChI is InChI=1S/C22H17ClF4N2OS/c23-20-10-7-17(11-19(20)22(25,26)27)29-21(31)28-12-14-3-8-18(9-4-14)30-13-15-1-5-16(24)6-2-15/h1-11H,12-13H2,(H2,28,29,31). The molecule has 0 saturated heterocycles. The Labute approximate surface area is 187 Å². The summed E-state index contributed by atoms with van der Waals surface area (Å²) in [4.78, 5) is 0. The lowest BCUT2D eigenvalue weighted by Crippen LogP contribution is -2.28. The highest BCUT2D eigenvalue weighted by Crippen LogP contribution is 2.36. The summed E-state index contributed by atoms with van der Waals surface area (Å²) in [6, 6.07) is 16.8. The maximum atomic E-state index is 12.9. The maximum Gasteiger partial charge on any atom is 0.417 e. The first-order chi connectivity index (χ1) is 14.7. The monoisotopic (exact) mass is 468 g/mol. The van der Waals surface area contributed by atoms with Crippen LogP contribution < -0.4 is 15.4 Å². The van der Waals surface area contributed by atoms with Crippen LogP contribution >= 0.6 is 23.8 Å². The molecular weight excluding hydrogens is 452 g/mol. The van der Waals surface area contributed by atoms with E-state index in [1.165, 1.54) is 24.3 Å². The van der Waals surface area contributed by atoms with Crippen molar-refractivity contribution in [2.75, 3.05) is 5.32 Å². The summed E-state index contributed by atoms with van der Waals surface area (Å²) in [5.74, 6) is 0.347. The molecule has 0 saturated carbocycles. The second kappa shape index (κ2) is 9.98. The van der Waals surface area contributed by atoms with E-state index < -0.39 is 11.7 Å². The summed E-state index contributed by atoms with van der Waals surface area (Å²) >= 11 is 10.8. The third kappa shape index (κ3) is 6.83. The Morgan fingerprint density at radius 3 is 2.23 bits per heavy atom. The van der Waals surface area contributed by atoms with Crippen LogP contribution in [0.3, 0.4) is 0 Å². The third-order valence-electron chi connectivity index (χ3n) is 4.22. The molecule has 0 fully saturated rings. The molecule has 0 radical (unpaired) electrons. The van der Waals surface area contributed by atoms with Crippen LogP contribution in [0.25, 0.3) is 0 Å². The molecular formula is C22H17ClF4N2OS. The van der Waals surface area contributed by atoms with Gasteiger partial charge in [0.1, 0.15) is 18.2 Å². The average Bonchev–Trinajstić information content (AvgIpc) is 2.73. The number of alkyl halides is 3. The van der Waals surface area contributed by atoms with Gasteiger partial charge in [0.05, 0.1) is 10.6 Å². The van der Waals surface area contributed by atoms with Crippen LogP contribution in [0, 0.1) is 5.82 Å². The van der Waals surface area contributed by atoms with Crippen molar-refractivity contribution in [3.8, 4) is 5.75 Å². The lowest BCUT2D eigenvalue weighted by atomic mass is 10.2. The molecule has 0 unspecified atom stereocenters. The van der Waals surface area contributed by atoms with Crippen molar-refractivity contribution >= 4 is 34.6 Å². The van der Waals surface area contributed by atoms with E-state index in [1.54, 1.807) is 24.3 Å². The van der Waals surface area contributed by atoms with Crippen molar-refractivity contribution in [3.05, 3.63) is 94.3 Å². The molecule has 2 N–H and O–H groups in total. The van der Waals surface area contributed by atoms with Gasteiger partial charge in [-0.3, -0.25) is 0 Å². The van der Waals surface area contributed by atoms with Gasteiger partial charge in [-0.1, -0.05) is 35.9 Å². The summed E-state index contributed by atoms with van der Waals surface area (Å²) in [5, 5.41) is 5.45. The fourth-order valence-corrected chi connectivity index (χ4v) is 3.04. The second-order valence-electron chi connectivity index (χ2n) is 6.56. The number of ether oxygens (including phenoxy) is 1. The number of hydrogen-bond donors (Lipinski definition) is 2. The van der Waals surface area contributed by atoms with Crippen molar-refractivity contribution in [1.82, 2.24) is 5.32 Å². The van der Waals surface area contributed by atoms with Crippen LogP contribution in [-0.2, 0) is 19.3 Å². The van der Waals surface area contributed by atoms with Crippen LogP contribution in [0.5, 0.6) is 5.75 Å². The van der Waals surface area contributed by atoms with Gasteiger partial charge in [-0.2, -0.15) is 13.2 Å². The van der Waals surface area contributed by atoms with E-state index in [2.05, 4.69) is 10.6 Å². The van der Waals surface area contributed by atoms with Gasteiger partial charge in [0.15, 0.2) is 5.11 Å². The predicted molar refractivity (Wildman–Crippen MR) is 117 cm³/mol. The van der Waals surface area contributed by atoms with Gasteiger partial charge in [-0.15, -0.1) is 0 Å². The van der Waals surface area contributed by atoms with Crippen LogP contribution in [0.2, 0.25) is 5.02 Å². The number of hydrogen-bond acceptors (Lipinski definition) is 2. The van der Waals surface area contributed by atoms with E-state index in [9.17, 15) is 17.6 Å². The minimum atomic E-state index is -4.55. The molecule has 3 aromatic rings. The highest BCUT2D eigenvalue weighted by molar-refractivity contribution is 7.80. The van der Waals surface area contributed by atoms with Crippen molar-refractivity contribution in [2.45, 2.75) is 19.3 Å². The molecule has 0 heterocycles. The van der Waals surface area contributed by atoms with Crippen molar-refractivity contribution in [3.63, 3.8) is 0 Å². The zero-order valence-electron chi connectivity index (χ0n) is 16.0. The van der Waals surface area contributed by atoms with Crippen molar-refractivity contribution in [1.29, 1.82) is 0 Å². The summed E-state index contributed by atoms with van der Waals surface area (Å²) in [6.07, 6.45) is -4.55. The van der Waals surface area contributed by atoms with Crippen LogP contribution in [0.4, 0.5) is 23.2 Å². The molecule has 0 spiro atoms. The van der Waals surface area contributed by atoms with Crippen LogP contribution in [0.1, 0.15) is 16.7 Å². The first-order valence-electron chi connectivity index (χ1n) is 9.08. The van der Waals surface area contributed by atoms with E-state index in [1.807, 2.05) is 12.1 Å². The zero-order valence-corrected chi connectivity index (χ0v) is 17.5. The van der Waals surface area contributed by atoms with Gasteiger partial charge in [0.2, 0.25) is 0 Å². The Kier molecular flexibility index (Phi) is 7.35. The van der Waals surface area contributed by atoms with E-state index in [-0.39, 0.29) is 21.6 Å². The molecule has 9 heteroatoms. The Morgan fingerprint density at radius 1 is 0.935 bits per heavy atom. The summed E-state index contributed by atoms with van der Waals surface area (Å²) in [5.41, 5.74) is 0.988. The minimum Gasteiger partial charge on any atom is -0.489 e. The highest BCUT2D eigenvalue weighted by atomic mass is 35.5. The SMILES string of the molecule is Fc1ccc(COc2ccc(CNC(=S)Nc3ccc(Cl)c(C(F)(F)F)c3)cc2)cc1. The second-order valence-corrected chi connectivity index (χ2v) is 7.37. The average molecular weight is 469 g/mol. The fourth-order valence-electron chi connectivity index (χ4n) is 2.63. The molecule has 0 bridgehead atoms. The number of benzene rings is 3. The largest absolute Gasteiger partial charge is 0.489 e. The van der Waals surface area contributed by atoms with E-state index in [0.29, 0.717) is 18.9 Å². The lowest BCUT2D eigenvalue weighted by molar-refractivity contribution is -0.137. The van der Waals surface area contributed by atoms with Gasteiger partial charge >= 0.3 is 6.18 Å². The first kappa shape index (κ1) is 22.8. The first-order valence-corrected chi connectivity index (χ1v) is 9.87. The van der Waals surface area contributed by atoms with E-state index >= 15 is 0 Å². The highest BCUT2D eigenvalue weighted by Gasteiger charge is 2.33. The Hall–Kier alpha value is -2.84. The van der Waals surface area contributed by atoms with Crippen LogP contribution in [-0.4, -0.2) is 5.11 Å². The van der Waals surface area contributed by atoms with E-state index in [0.717, 1.165) is 17.2 Å². The molecule has 3 rings (SSSR count). The lowest BCUT2D eigenvalue weighted by Gasteiger charge is -2.14.